The number of halogens is 1. The van der Waals surface area contributed by atoms with E-state index in [2.05, 4.69) is 20.9 Å². The van der Waals surface area contributed by atoms with Crippen molar-refractivity contribution >= 4 is 23.3 Å². The Morgan fingerprint density at radius 2 is 1.81 bits per heavy atom. The molecule has 2 heterocycles. The van der Waals surface area contributed by atoms with Crippen molar-refractivity contribution in [3.05, 3.63) is 83.6 Å². The van der Waals surface area contributed by atoms with Crippen LogP contribution in [-0.4, -0.2) is 25.0 Å². The smallest absolute Gasteiger partial charge is 0.319 e. The molecular formula is C24H25FN4O3. The van der Waals surface area contributed by atoms with Gasteiger partial charge in [0.25, 0.3) is 5.91 Å². The summed E-state index contributed by atoms with van der Waals surface area (Å²) >= 11 is 0. The summed E-state index contributed by atoms with van der Waals surface area (Å²) in [5.74, 6) is -0.00886. The van der Waals surface area contributed by atoms with Crippen LogP contribution in [0.2, 0.25) is 0 Å². The first-order valence-electron chi connectivity index (χ1n) is 10.6. The summed E-state index contributed by atoms with van der Waals surface area (Å²) in [6, 6.07) is 14.5. The van der Waals surface area contributed by atoms with Crippen molar-refractivity contribution in [3.63, 3.8) is 0 Å². The Bertz CT molecular complexity index is 1080. The zero-order valence-corrected chi connectivity index (χ0v) is 17.6. The van der Waals surface area contributed by atoms with Gasteiger partial charge in [0.1, 0.15) is 11.6 Å². The van der Waals surface area contributed by atoms with E-state index >= 15 is 0 Å². The Morgan fingerprint density at radius 1 is 0.969 bits per heavy atom. The van der Waals surface area contributed by atoms with Crippen LogP contribution in [0.4, 0.5) is 20.6 Å². The average molecular weight is 436 g/mol. The van der Waals surface area contributed by atoms with Crippen LogP contribution in [0.1, 0.15) is 34.5 Å². The second-order valence-electron chi connectivity index (χ2n) is 7.63. The molecule has 32 heavy (non-hydrogen) atoms. The van der Waals surface area contributed by atoms with Crippen LogP contribution < -0.4 is 20.9 Å². The van der Waals surface area contributed by atoms with Gasteiger partial charge in [0.05, 0.1) is 24.2 Å². The monoisotopic (exact) mass is 436 g/mol. The molecule has 8 heteroatoms. The number of benzene rings is 2. The number of urea groups is 1. The molecule has 3 amide bonds. The number of amides is 3. The van der Waals surface area contributed by atoms with E-state index in [1.807, 2.05) is 6.07 Å². The molecule has 1 aromatic heterocycles. The molecule has 3 aromatic rings. The minimum Gasteiger partial charge on any atom is -0.467 e. The molecule has 0 radical (unpaired) electrons. The Balaban J connectivity index is 1.46. The largest absolute Gasteiger partial charge is 0.467 e. The Kier molecular flexibility index (Phi) is 6.69. The third-order valence-electron chi connectivity index (χ3n) is 5.30. The fourth-order valence-electron chi connectivity index (χ4n) is 3.69. The molecule has 1 aliphatic heterocycles. The Morgan fingerprint density at radius 3 is 2.56 bits per heavy atom. The van der Waals surface area contributed by atoms with Gasteiger partial charge >= 0.3 is 6.03 Å². The van der Waals surface area contributed by atoms with E-state index in [1.165, 1.54) is 12.1 Å². The van der Waals surface area contributed by atoms with Gasteiger partial charge in [-0.3, -0.25) is 4.79 Å². The maximum Gasteiger partial charge on any atom is 0.319 e. The highest BCUT2D eigenvalue weighted by Crippen LogP contribution is 2.30. The zero-order chi connectivity index (χ0) is 22.3. The van der Waals surface area contributed by atoms with Crippen LogP contribution >= 0.6 is 0 Å². The van der Waals surface area contributed by atoms with Crippen molar-refractivity contribution in [2.45, 2.75) is 25.9 Å². The first kappa shape index (κ1) is 21.4. The minimum absolute atomic E-state index is 0.205. The number of anilines is 2. The van der Waals surface area contributed by atoms with Gasteiger partial charge in [0.2, 0.25) is 0 Å². The maximum atomic E-state index is 13.4. The number of carbonyl (C=O) groups is 2. The van der Waals surface area contributed by atoms with Crippen molar-refractivity contribution in [2.24, 2.45) is 0 Å². The quantitative estimate of drug-likeness (QED) is 0.516. The number of hydrogen-bond acceptors (Lipinski definition) is 4. The molecule has 0 aliphatic carbocycles. The summed E-state index contributed by atoms with van der Waals surface area (Å²) in [7, 11) is 0. The van der Waals surface area contributed by atoms with Gasteiger partial charge < -0.3 is 25.3 Å². The van der Waals surface area contributed by atoms with Gasteiger partial charge in [-0.15, -0.1) is 0 Å². The van der Waals surface area contributed by atoms with E-state index in [4.69, 9.17) is 4.42 Å². The normalized spacial score (nSPS) is 13.1. The van der Waals surface area contributed by atoms with Gasteiger partial charge in [0.15, 0.2) is 0 Å². The van der Waals surface area contributed by atoms with Crippen LogP contribution in [0, 0.1) is 5.82 Å². The lowest BCUT2D eigenvalue weighted by Gasteiger charge is -2.22. The third-order valence-corrected chi connectivity index (χ3v) is 5.30. The molecule has 1 fully saturated rings. The van der Waals surface area contributed by atoms with E-state index in [1.54, 1.807) is 42.7 Å². The van der Waals surface area contributed by atoms with E-state index in [-0.39, 0.29) is 30.8 Å². The number of rotatable bonds is 7. The van der Waals surface area contributed by atoms with Crippen LogP contribution in [0.15, 0.2) is 65.3 Å². The predicted octanol–water partition coefficient (Wildman–Crippen LogP) is 4.27. The van der Waals surface area contributed by atoms with E-state index in [9.17, 15) is 14.0 Å². The molecule has 0 bridgehead atoms. The highest BCUT2D eigenvalue weighted by Gasteiger charge is 2.19. The average Bonchev–Trinajstić information content (AvgIpc) is 3.50. The lowest BCUT2D eigenvalue weighted by atomic mass is 10.1. The van der Waals surface area contributed by atoms with Gasteiger partial charge in [-0.25, -0.2) is 9.18 Å². The van der Waals surface area contributed by atoms with Gasteiger partial charge in [0, 0.05) is 25.2 Å². The van der Waals surface area contributed by atoms with Crippen LogP contribution in [0.5, 0.6) is 0 Å². The van der Waals surface area contributed by atoms with Crippen LogP contribution in [0.25, 0.3) is 0 Å². The fourth-order valence-corrected chi connectivity index (χ4v) is 3.69. The molecule has 4 rings (SSSR count). The second-order valence-corrected chi connectivity index (χ2v) is 7.63. The number of hydrogen-bond donors (Lipinski definition) is 3. The SMILES string of the molecule is O=C(NCc1ccco1)Nc1cc(C(=O)NCc2cccc(F)c2)ccc1N1CCCC1. The molecule has 1 saturated heterocycles. The number of nitrogens with one attached hydrogen (secondary N) is 3. The molecule has 0 saturated carbocycles. The summed E-state index contributed by atoms with van der Waals surface area (Å²) in [6.45, 7) is 2.25. The lowest BCUT2D eigenvalue weighted by molar-refractivity contribution is 0.0951. The first-order chi connectivity index (χ1) is 15.6. The molecular weight excluding hydrogens is 411 g/mol. The summed E-state index contributed by atoms with van der Waals surface area (Å²) in [4.78, 5) is 27.4. The van der Waals surface area contributed by atoms with Crippen molar-refractivity contribution in [3.8, 4) is 0 Å². The molecule has 0 spiro atoms. The second kappa shape index (κ2) is 10.00. The molecule has 0 atom stereocenters. The Labute approximate surface area is 185 Å². The summed E-state index contributed by atoms with van der Waals surface area (Å²) in [5.41, 5.74) is 2.51. The summed E-state index contributed by atoms with van der Waals surface area (Å²) in [5, 5.41) is 8.41. The van der Waals surface area contributed by atoms with Crippen LogP contribution in [-0.2, 0) is 13.1 Å². The van der Waals surface area contributed by atoms with Crippen LogP contribution in [0.3, 0.4) is 0 Å². The van der Waals surface area contributed by atoms with Gasteiger partial charge in [-0.05, 0) is 60.9 Å². The summed E-state index contributed by atoms with van der Waals surface area (Å²) in [6.07, 6.45) is 3.71. The van der Waals surface area contributed by atoms with E-state index in [0.717, 1.165) is 31.6 Å². The molecule has 0 unspecified atom stereocenters. The maximum absolute atomic E-state index is 13.4. The third kappa shape index (κ3) is 5.46. The number of furan rings is 1. The predicted molar refractivity (Wildman–Crippen MR) is 120 cm³/mol. The molecule has 3 N–H and O–H groups in total. The van der Waals surface area contributed by atoms with Gasteiger partial charge in [-0.2, -0.15) is 0 Å². The fraction of sp³-hybridized carbons (Fsp3) is 0.250. The molecule has 166 valence electrons. The standard InChI is InChI=1S/C24H25FN4O3/c25-19-6-3-5-17(13-19)15-26-23(30)18-8-9-22(29-10-1-2-11-29)21(14-18)28-24(31)27-16-20-7-4-12-32-20/h3-9,12-14H,1-2,10-11,15-16H2,(H,26,30)(H2,27,28,31). The van der Waals surface area contributed by atoms with Crippen molar-refractivity contribution in [1.82, 2.24) is 10.6 Å². The lowest BCUT2D eigenvalue weighted by Crippen LogP contribution is -2.30. The zero-order valence-electron chi connectivity index (χ0n) is 17.6. The Hall–Kier alpha value is -3.81. The molecule has 7 nitrogen and oxygen atoms in total. The number of carbonyl (C=O) groups excluding carboxylic acids is 2. The topological polar surface area (TPSA) is 86.6 Å². The van der Waals surface area contributed by atoms with Crippen molar-refractivity contribution in [2.75, 3.05) is 23.3 Å². The molecule has 1 aliphatic rings. The highest BCUT2D eigenvalue weighted by molar-refractivity contribution is 5.99. The van der Waals surface area contributed by atoms with Gasteiger partial charge in [-0.1, -0.05) is 12.1 Å². The van der Waals surface area contributed by atoms with E-state index < -0.39 is 0 Å². The number of nitrogens with zero attached hydrogens (tertiary/aromatic N) is 1. The minimum atomic E-state index is -0.390. The molecule has 2 aromatic carbocycles. The summed E-state index contributed by atoms with van der Waals surface area (Å²) < 4.78 is 18.6. The highest BCUT2D eigenvalue weighted by atomic mass is 19.1. The van der Waals surface area contributed by atoms with Crippen molar-refractivity contribution < 1.29 is 18.4 Å². The van der Waals surface area contributed by atoms with Crippen molar-refractivity contribution in [1.29, 1.82) is 0 Å². The first-order valence-corrected chi connectivity index (χ1v) is 10.6. The van der Waals surface area contributed by atoms with E-state index in [0.29, 0.717) is 22.6 Å².